The molecule has 5 rings (SSSR count). The summed E-state index contributed by atoms with van der Waals surface area (Å²) in [5.74, 6) is 0.362. The van der Waals surface area contributed by atoms with Crippen LogP contribution in [-0.4, -0.2) is 15.9 Å². The van der Waals surface area contributed by atoms with E-state index in [1.54, 1.807) is 30.5 Å². The van der Waals surface area contributed by atoms with Crippen molar-refractivity contribution in [1.82, 2.24) is 9.97 Å². The molecule has 0 bridgehead atoms. The Balaban J connectivity index is 1.45. The van der Waals surface area contributed by atoms with Gasteiger partial charge in [-0.3, -0.25) is 4.79 Å². The molecule has 29 heavy (non-hydrogen) atoms. The van der Waals surface area contributed by atoms with E-state index in [0.717, 1.165) is 16.7 Å². The van der Waals surface area contributed by atoms with Crippen LogP contribution < -0.4 is 5.32 Å². The molecule has 0 spiro atoms. The second kappa shape index (κ2) is 7.09. The molecule has 0 radical (unpaired) electrons. The van der Waals surface area contributed by atoms with E-state index < -0.39 is 0 Å². The molecular weight excluding hydrogens is 366 g/mol. The number of furan rings is 1. The van der Waals surface area contributed by atoms with E-state index in [9.17, 15) is 4.79 Å². The van der Waals surface area contributed by atoms with Gasteiger partial charge in [0.15, 0.2) is 17.0 Å². The van der Waals surface area contributed by atoms with Gasteiger partial charge >= 0.3 is 0 Å². The van der Waals surface area contributed by atoms with Gasteiger partial charge in [-0.2, -0.15) is 4.98 Å². The molecule has 0 unspecified atom stereocenters. The zero-order chi connectivity index (χ0) is 19.6. The van der Waals surface area contributed by atoms with Gasteiger partial charge in [-0.1, -0.05) is 36.4 Å². The van der Waals surface area contributed by atoms with Gasteiger partial charge in [0.2, 0.25) is 5.89 Å². The first-order valence-electron chi connectivity index (χ1n) is 9.03. The zero-order valence-electron chi connectivity index (χ0n) is 15.2. The number of aromatic nitrogens is 2. The molecule has 0 aliphatic heterocycles. The fourth-order valence-corrected chi connectivity index (χ4v) is 3.06. The first-order chi connectivity index (χ1) is 14.3. The van der Waals surface area contributed by atoms with Crippen LogP contribution in [0.25, 0.3) is 33.8 Å². The highest BCUT2D eigenvalue weighted by Crippen LogP contribution is 2.28. The summed E-state index contributed by atoms with van der Waals surface area (Å²) in [6.45, 7) is 0. The third kappa shape index (κ3) is 3.39. The topological polar surface area (TPSA) is 81.2 Å². The lowest BCUT2D eigenvalue weighted by Crippen LogP contribution is -2.10. The number of carbonyl (C=O) groups excluding carboxylic acids is 1. The Hall–Kier alpha value is -4.19. The lowest BCUT2D eigenvalue weighted by molar-refractivity contribution is 0.0996. The predicted octanol–water partition coefficient (Wildman–Crippen LogP) is 5.40. The molecule has 2 aromatic carbocycles. The Labute approximate surface area is 165 Å². The number of carbonyl (C=O) groups is 1. The molecule has 6 heteroatoms. The SMILES string of the molecule is O=C(Nc1cccc(-c2nc3ncc(-c4ccccc4)cc3o2)c1)c1ccco1. The number of benzene rings is 2. The number of pyridine rings is 1. The van der Waals surface area contributed by atoms with Gasteiger partial charge in [-0.15, -0.1) is 0 Å². The van der Waals surface area contributed by atoms with Crippen LogP contribution in [0.3, 0.4) is 0 Å². The first-order valence-corrected chi connectivity index (χ1v) is 9.03. The molecule has 0 fully saturated rings. The minimum Gasteiger partial charge on any atom is -0.459 e. The molecule has 5 aromatic rings. The Morgan fingerprint density at radius 3 is 2.55 bits per heavy atom. The number of oxazole rings is 1. The summed E-state index contributed by atoms with van der Waals surface area (Å²) in [5, 5.41) is 2.80. The van der Waals surface area contributed by atoms with E-state index in [4.69, 9.17) is 8.83 Å². The van der Waals surface area contributed by atoms with Gasteiger partial charge in [0.25, 0.3) is 5.91 Å². The molecule has 140 valence electrons. The van der Waals surface area contributed by atoms with Crippen molar-refractivity contribution in [3.05, 3.63) is 91.0 Å². The van der Waals surface area contributed by atoms with Crippen LogP contribution in [0.15, 0.2) is 94.1 Å². The average Bonchev–Trinajstić information content (AvgIpc) is 3.44. The Bertz CT molecular complexity index is 1290. The molecule has 0 saturated heterocycles. The molecule has 0 atom stereocenters. The standard InChI is InChI=1S/C23H15N3O3/c27-22(19-10-5-11-28-19)25-18-9-4-8-16(12-18)23-26-21-20(29-23)13-17(14-24-21)15-6-2-1-3-7-15/h1-14H,(H,25,27). The predicted molar refractivity (Wildman–Crippen MR) is 109 cm³/mol. The summed E-state index contributed by atoms with van der Waals surface area (Å²) in [7, 11) is 0. The van der Waals surface area contributed by atoms with Crippen molar-refractivity contribution in [2.75, 3.05) is 5.32 Å². The van der Waals surface area contributed by atoms with Gasteiger partial charge in [-0.25, -0.2) is 4.98 Å². The van der Waals surface area contributed by atoms with E-state index in [2.05, 4.69) is 15.3 Å². The molecule has 0 saturated carbocycles. The normalized spacial score (nSPS) is 10.9. The summed E-state index contributed by atoms with van der Waals surface area (Å²) in [4.78, 5) is 21.1. The van der Waals surface area contributed by atoms with Gasteiger partial charge in [0.05, 0.1) is 6.26 Å². The number of rotatable bonds is 4. The number of fused-ring (bicyclic) bond motifs is 1. The van der Waals surface area contributed by atoms with Crippen molar-refractivity contribution >= 4 is 22.8 Å². The van der Waals surface area contributed by atoms with Crippen molar-refractivity contribution in [3.63, 3.8) is 0 Å². The highest BCUT2D eigenvalue weighted by Gasteiger charge is 2.13. The van der Waals surface area contributed by atoms with Crippen LogP contribution in [0.4, 0.5) is 5.69 Å². The molecule has 0 aliphatic rings. The number of hydrogen-bond acceptors (Lipinski definition) is 5. The summed E-state index contributed by atoms with van der Waals surface area (Å²) in [6, 6.07) is 22.4. The second-order valence-corrected chi connectivity index (χ2v) is 6.44. The van der Waals surface area contributed by atoms with E-state index in [1.807, 2.05) is 48.5 Å². The highest BCUT2D eigenvalue weighted by atomic mass is 16.3. The van der Waals surface area contributed by atoms with E-state index in [0.29, 0.717) is 22.8 Å². The van der Waals surface area contributed by atoms with Crippen molar-refractivity contribution in [2.24, 2.45) is 0 Å². The van der Waals surface area contributed by atoms with Gasteiger partial charge in [-0.05, 0) is 42.0 Å². The molecular formula is C23H15N3O3. The minimum absolute atomic E-state index is 0.245. The van der Waals surface area contributed by atoms with Crippen molar-refractivity contribution < 1.29 is 13.6 Å². The summed E-state index contributed by atoms with van der Waals surface area (Å²) < 4.78 is 11.1. The largest absolute Gasteiger partial charge is 0.459 e. The van der Waals surface area contributed by atoms with Gasteiger partial charge < -0.3 is 14.2 Å². The van der Waals surface area contributed by atoms with Crippen molar-refractivity contribution in [1.29, 1.82) is 0 Å². The maximum absolute atomic E-state index is 12.2. The molecule has 6 nitrogen and oxygen atoms in total. The maximum atomic E-state index is 12.2. The van der Waals surface area contributed by atoms with E-state index in [-0.39, 0.29) is 11.7 Å². The highest BCUT2D eigenvalue weighted by molar-refractivity contribution is 6.02. The van der Waals surface area contributed by atoms with Crippen molar-refractivity contribution in [2.45, 2.75) is 0 Å². The number of amides is 1. The number of nitrogens with one attached hydrogen (secondary N) is 1. The Morgan fingerprint density at radius 1 is 0.862 bits per heavy atom. The van der Waals surface area contributed by atoms with Gasteiger partial charge in [0, 0.05) is 23.0 Å². The summed E-state index contributed by atoms with van der Waals surface area (Å²) in [5.41, 5.74) is 4.50. The fraction of sp³-hybridized carbons (Fsp3) is 0. The van der Waals surface area contributed by atoms with E-state index in [1.165, 1.54) is 6.26 Å². The van der Waals surface area contributed by atoms with Crippen LogP contribution >= 0.6 is 0 Å². The molecule has 3 heterocycles. The summed E-state index contributed by atoms with van der Waals surface area (Å²) >= 11 is 0. The average molecular weight is 381 g/mol. The molecule has 0 aliphatic carbocycles. The molecule has 1 amide bonds. The number of nitrogens with zero attached hydrogens (tertiary/aromatic N) is 2. The fourth-order valence-electron chi connectivity index (χ4n) is 3.06. The van der Waals surface area contributed by atoms with Crippen LogP contribution in [-0.2, 0) is 0 Å². The zero-order valence-corrected chi connectivity index (χ0v) is 15.2. The summed E-state index contributed by atoms with van der Waals surface area (Å²) in [6.07, 6.45) is 3.24. The smallest absolute Gasteiger partial charge is 0.291 e. The second-order valence-electron chi connectivity index (χ2n) is 6.44. The third-order valence-corrected chi connectivity index (χ3v) is 4.47. The monoisotopic (exact) mass is 381 g/mol. The van der Waals surface area contributed by atoms with Crippen LogP contribution in [0.5, 0.6) is 0 Å². The van der Waals surface area contributed by atoms with Crippen LogP contribution in [0.1, 0.15) is 10.6 Å². The minimum atomic E-state index is -0.320. The van der Waals surface area contributed by atoms with Crippen LogP contribution in [0.2, 0.25) is 0 Å². The van der Waals surface area contributed by atoms with Gasteiger partial charge in [0.1, 0.15) is 0 Å². The van der Waals surface area contributed by atoms with Crippen LogP contribution in [0, 0.1) is 0 Å². The Kier molecular flexibility index (Phi) is 4.14. The quantitative estimate of drug-likeness (QED) is 0.451. The van der Waals surface area contributed by atoms with E-state index >= 15 is 0 Å². The third-order valence-electron chi connectivity index (χ3n) is 4.47. The lowest BCUT2D eigenvalue weighted by atomic mass is 10.1. The van der Waals surface area contributed by atoms with Crippen molar-refractivity contribution in [3.8, 4) is 22.6 Å². The molecule has 3 aromatic heterocycles. The Morgan fingerprint density at radius 2 is 1.72 bits per heavy atom. The number of hydrogen-bond donors (Lipinski definition) is 1. The maximum Gasteiger partial charge on any atom is 0.291 e. The number of anilines is 1. The first kappa shape index (κ1) is 16.9. The molecule has 1 N–H and O–H groups in total. The lowest BCUT2D eigenvalue weighted by Gasteiger charge is -2.04.